The van der Waals surface area contributed by atoms with Gasteiger partial charge in [0.25, 0.3) is 0 Å². The molecule has 4 rings (SSSR count). The predicted molar refractivity (Wildman–Crippen MR) is 197 cm³/mol. The summed E-state index contributed by atoms with van der Waals surface area (Å²) in [5.41, 5.74) is 4.25. The van der Waals surface area contributed by atoms with Crippen LogP contribution < -0.4 is 39.0 Å². The van der Waals surface area contributed by atoms with Crippen molar-refractivity contribution < 1.29 is 67.0 Å². The average molecular weight is 817 g/mol. The Morgan fingerprint density at radius 3 is 1.53 bits per heavy atom. The minimum Gasteiger partial charge on any atom is -1.00 e. The molecular formula is C36H49Br2ClFNaO6. The first kappa shape index (κ1) is 45.5. The maximum absolute atomic E-state index is 9.96. The third kappa shape index (κ3) is 20.6. The van der Waals surface area contributed by atoms with E-state index in [1.807, 2.05) is 106 Å². The summed E-state index contributed by atoms with van der Waals surface area (Å²) < 4.78 is 44.1. The van der Waals surface area contributed by atoms with Crippen LogP contribution in [0.5, 0.6) is 23.0 Å². The Labute approximate surface area is 328 Å². The van der Waals surface area contributed by atoms with Crippen LogP contribution in [-0.4, -0.2) is 38.3 Å². The number of rotatable bonds is 12. The monoisotopic (exact) mass is 814 g/mol. The fourth-order valence-electron chi connectivity index (χ4n) is 3.32. The summed E-state index contributed by atoms with van der Waals surface area (Å²) >= 11 is 12.0. The molecule has 0 aliphatic rings. The second-order valence-corrected chi connectivity index (χ2v) is 11.0. The van der Waals surface area contributed by atoms with Crippen molar-refractivity contribution in [3.8, 4) is 23.0 Å². The maximum Gasteiger partial charge on any atom is 1.00 e. The van der Waals surface area contributed by atoms with Gasteiger partial charge in [0.05, 0.1) is 21.7 Å². The van der Waals surface area contributed by atoms with Crippen LogP contribution in [0.3, 0.4) is 0 Å². The summed E-state index contributed by atoms with van der Waals surface area (Å²) in [5, 5.41) is 9.16. The molecule has 0 bridgehead atoms. The van der Waals surface area contributed by atoms with Crippen LogP contribution in [0.4, 0.5) is 4.39 Å². The Balaban J connectivity index is -0.000000330. The Morgan fingerprint density at radius 2 is 1.15 bits per heavy atom. The topological polar surface area (TPSA) is 66.4 Å². The molecule has 0 aliphatic carbocycles. The van der Waals surface area contributed by atoms with E-state index in [1.165, 1.54) is 11.1 Å². The molecule has 11 heteroatoms. The van der Waals surface area contributed by atoms with Crippen molar-refractivity contribution in [2.24, 2.45) is 0 Å². The number of aryl methyl sites for hydroxylation is 2. The molecule has 0 radical (unpaired) electrons. The summed E-state index contributed by atoms with van der Waals surface area (Å²) in [5.74, 6) is 3.13. The van der Waals surface area contributed by atoms with Crippen molar-refractivity contribution in [1.82, 2.24) is 0 Å². The van der Waals surface area contributed by atoms with E-state index in [4.69, 9.17) is 37.0 Å². The zero-order chi connectivity index (χ0) is 34.2. The first-order valence-electron chi connectivity index (χ1n) is 14.7. The number of benzene rings is 4. The normalized spacial score (nSPS) is 9.77. The van der Waals surface area contributed by atoms with Gasteiger partial charge in [0.2, 0.25) is 0 Å². The van der Waals surface area contributed by atoms with Gasteiger partial charge in [0, 0.05) is 23.6 Å². The number of halogens is 4. The Morgan fingerprint density at radius 1 is 0.745 bits per heavy atom. The van der Waals surface area contributed by atoms with E-state index in [2.05, 4.69) is 43.5 Å². The Bertz CT molecular complexity index is 1380. The zero-order valence-corrected chi connectivity index (χ0v) is 33.0. The van der Waals surface area contributed by atoms with Crippen LogP contribution in [0, 0.1) is 13.8 Å². The molecule has 0 unspecified atom stereocenters. The van der Waals surface area contributed by atoms with Gasteiger partial charge in [0.1, 0.15) is 35.9 Å². The largest absolute Gasteiger partial charge is 1.00 e. The van der Waals surface area contributed by atoms with Crippen LogP contribution in [0.1, 0.15) is 47.8 Å². The van der Waals surface area contributed by atoms with E-state index in [1.54, 1.807) is 0 Å². The number of alkyl halides is 2. The molecule has 4 aromatic carbocycles. The van der Waals surface area contributed by atoms with E-state index in [9.17, 15) is 4.39 Å². The van der Waals surface area contributed by atoms with Crippen molar-refractivity contribution in [3.05, 3.63) is 116 Å². The van der Waals surface area contributed by atoms with Crippen molar-refractivity contribution in [3.63, 3.8) is 0 Å². The Kier molecular flexibility index (Phi) is 28.5. The maximum atomic E-state index is 9.96. The molecule has 0 saturated carbocycles. The fraction of sp³-hybridized carbons (Fsp3) is 0.333. The molecule has 6 nitrogen and oxygen atoms in total. The predicted octanol–water partition coefficient (Wildman–Crippen LogP) is 8.91. The van der Waals surface area contributed by atoms with Gasteiger partial charge in [-0.1, -0.05) is 86.3 Å². The van der Waals surface area contributed by atoms with E-state index in [-0.39, 0.29) is 46.4 Å². The van der Waals surface area contributed by atoms with E-state index < -0.39 is 7.15 Å². The SMILES string of the molecule is C.CCOCCl.CCOCOCc1cc(Oc2ccc(C)cc2)ccc1Br.Cc1ccc(Oc2ccc(Br)c(CO)c2)cc1.[2HH].[2H]CF.[H-].[Na+]. The van der Waals surface area contributed by atoms with Gasteiger partial charge in [-0.05, 0) is 99.5 Å². The van der Waals surface area contributed by atoms with Crippen LogP contribution in [0.2, 0.25) is 0 Å². The molecule has 0 heterocycles. The fourth-order valence-corrected chi connectivity index (χ4v) is 4.20. The third-order valence-corrected chi connectivity index (χ3v) is 7.33. The first-order chi connectivity index (χ1) is 22.2. The molecule has 0 fully saturated rings. The van der Waals surface area contributed by atoms with Crippen LogP contribution in [0.15, 0.2) is 93.9 Å². The third-order valence-electron chi connectivity index (χ3n) is 5.63. The quantitative estimate of drug-likeness (QED) is 0.0668. The van der Waals surface area contributed by atoms with Gasteiger partial charge in [-0.25, -0.2) is 0 Å². The first-order valence-corrected chi connectivity index (χ1v) is 16.1. The number of ether oxygens (including phenoxy) is 5. The molecule has 0 amide bonds. The number of hydrogen-bond donors (Lipinski definition) is 1. The number of aliphatic hydroxyl groups is 1. The average Bonchev–Trinajstić information content (AvgIpc) is 3.05. The zero-order valence-electron chi connectivity index (χ0n) is 29.0. The van der Waals surface area contributed by atoms with Crippen molar-refractivity contribution >= 4 is 43.5 Å². The molecule has 258 valence electrons. The summed E-state index contributed by atoms with van der Waals surface area (Å²) in [4.78, 5) is 0. The minimum absolute atomic E-state index is 0. The van der Waals surface area contributed by atoms with Crippen molar-refractivity contribution in [2.75, 3.05) is 33.2 Å². The smallest absolute Gasteiger partial charge is 1.00 e. The molecule has 0 aromatic heterocycles. The van der Waals surface area contributed by atoms with Gasteiger partial charge in [0.15, 0.2) is 0 Å². The second-order valence-electron chi connectivity index (χ2n) is 9.06. The van der Waals surface area contributed by atoms with Crippen LogP contribution >= 0.6 is 43.5 Å². The molecule has 0 atom stereocenters. The molecule has 1 N–H and O–H groups in total. The van der Waals surface area contributed by atoms with Gasteiger partial charge < -0.3 is 30.2 Å². The Hall–Kier alpha value is -1.50. The minimum atomic E-state index is -1.00. The van der Waals surface area contributed by atoms with Crippen molar-refractivity contribution in [2.45, 2.75) is 48.3 Å². The van der Waals surface area contributed by atoms with E-state index in [0.29, 0.717) is 32.7 Å². The van der Waals surface area contributed by atoms with E-state index in [0.717, 1.165) is 43.1 Å². The molecule has 0 aliphatic heterocycles. The number of aliphatic hydroxyl groups excluding tert-OH is 1. The molecule has 47 heavy (non-hydrogen) atoms. The molecule has 4 aromatic rings. The van der Waals surface area contributed by atoms with E-state index >= 15 is 0 Å². The summed E-state index contributed by atoms with van der Waals surface area (Å²) in [6.07, 6.45) is 0. The van der Waals surface area contributed by atoms with Crippen LogP contribution in [0.25, 0.3) is 0 Å². The van der Waals surface area contributed by atoms with Crippen molar-refractivity contribution in [1.29, 1.82) is 0 Å². The second kappa shape index (κ2) is 29.4. The summed E-state index contributed by atoms with van der Waals surface area (Å²) in [6, 6.07) is 27.6. The van der Waals surface area contributed by atoms with Gasteiger partial charge in [-0.3, -0.25) is 4.39 Å². The summed E-state index contributed by atoms with van der Waals surface area (Å²) in [7, 11) is -1.00. The standard InChI is InChI=1S/C17H19BrO3.C14H13BrO2.C3H7ClO.CH3F.CH4.Na.H2.H/c1-3-19-12-20-11-14-10-16(8-9-17(14)18)21-15-6-4-13(2)5-7-15;1-10-2-4-12(5-3-10)17-13-6-7-14(15)11(8-13)9-16;1-2-5-3-4;1-2;;;;/h4-10H,3,11-12H2,1-2H3;2-8,16H,9H2,1H3;2-3H2,1H3;1H3;1H4;;1H;/q;;;;;+1;;-1/i;;;1D;;;1+1;. The molecular weight excluding hydrogens is 766 g/mol. The van der Waals surface area contributed by atoms with Gasteiger partial charge in [-0.15, -0.1) is 0 Å². The number of hydrogen-bond acceptors (Lipinski definition) is 6. The van der Waals surface area contributed by atoms with Gasteiger partial charge in [-0.2, -0.15) is 0 Å². The molecule has 0 spiro atoms. The van der Waals surface area contributed by atoms with Gasteiger partial charge >= 0.3 is 29.6 Å². The molecule has 0 saturated heterocycles. The van der Waals surface area contributed by atoms with Crippen LogP contribution in [-0.2, 0) is 27.4 Å². The summed E-state index contributed by atoms with van der Waals surface area (Å²) in [6.45, 7) is 10.1.